The molecule has 2 aromatic rings. The standard InChI is InChI=1S/C16H15ClN2O3S.C8H15N3O2/c1-3-19(2)16(22)10-5-4-6-12(11(10)9-20)18-15(21)13-7-8-14(17)23-13;1-9-8(13)6-10-2-4-11(7-12)5-3-10/h4-9H,3H2,1-2H3,(H,18,21);7H,2-6H2,1H3,(H,9,13). The Morgan fingerprint density at radius 3 is 2.33 bits per heavy atom. The van der Waals surface area contributed by atoms with Gasteiger partial charge in [0.15, 0.2) is 6.29 Å². The molecule has 1 aliphatic rings. The molecule has 0 aliphatic carbocycles. The van der Waals surface area contributed by atoms with Crippen LogP contribution in [0.2, 0.25) is 4.34 Å². The molecule has 0 saturated carbocycles. The van der Waals surface area contributed by atoms with Crippen LogP contribution in [-0.2, 0) is 9.59 Å². The Kier molecular flexibility index (Phi) is 11.5. The predicted octanol–water partition coefficient (Wildman–Crippen LogP) is 2.06. The van der Waals surface area contributed by atoms with Gasteiger partial charge in [0.1, 0.15) is 0 Å². The molecular formula is C24H30ClN5O5S. The second-order valence-corrected chi connectivity index (χ2v) is 9.57. The number of thiophene rings is 1. The number of halogens is 1. The first-order valence-corrected chi connectivity index (χ1v) is 12.5. The Labute approximate surface area is 219 Å². The monoisotopic (exact) mass is 535 g/mol. The summed E-state index contributed by atoms with van der Waals surface area (Å²) >= 11 is 6.95. The van der Waals surface area contributed by atoms with E-state index >= 15 is 0 Å². The molecule has 36 heavy (non-hydrogen) atoms. The van der Waals surface area contributed by atoms with Crippen molar-refractivity contribution in [3.8, 4) is 0 Å². The van der Waals surface area contributed by atoms with Crippen LogP contribution in [0.15, 0.2) is 30.3 Å². The molecule has 0 radical (unpaired) electrons. The molecule has 1 saturated heterocycles. The highest BCUT2D eigenvalue weighted by Gasteiger charge is 2.19. The number of carbonyl (C=O) groups excluding carboxylic acids is 5. The third kappa shape index (κ3) is 8.14. The summed E-state index contributed by atoms with van der Waals surface area (Å²) in [5, 5.41) is 5.23. The lowest BCUT2D eigenvalue weighted by Crippen LogP contribution is -2.48. The van der Waals surface area contributed by atoms with Crippen molar-refractivity contribution in [1.29, 1.82) is 0 Å². The largest absolute Gasteiger partial charge is 0.358 e. The molecule has 12 heteroatoms. The minimum atomic E-state index is -0.376. The zero-order valence-corrected chi connectivity index (χ0v) is 22.0. The minimum absolute atomic E-state index is 0.0274. The Bertz CT molecular complexity index is 1080. The number of likely N-dealkylation sites (N-methyl/N-ethyl adjacent to an activating group) is 1. The van der Waals surface area contributed by atoms with Gasteiger partial charge < -0.3 is 20.4 Å². The fraction of sp³-hybridized carbons (Fsp3) is 0.375. The SMILES string of the molecule is CCN(C)C(=O)c1cccc(NC(=O)c2ccc(Cl)s2)c1C=O.CNC(=O)CN1CCN(C=O)CC1. The molecule has 0 unspecified atom stereocenters. The molecule has 3 rings (SSSR count). The lowest BCUT2D eigenvalue weighted by molar-refractivity contribution is -0.123. The Balaban J connectivity index is 0.000000297. The predicted molar refractivity (Wildman–Crippen MR) is 140 cm³/mol. The van der Waals surface area contributed by atoms with Gasteiger partial charge >= 0.3 is 0 Å². The van der Waals surface area contributed by atoms with Gasteiger partial charge in [-0.3, -0.25) is 28.9 Å². The average molecular weight is 536 g/mol. The van der Waals surface area contributed by atoms with Crippen molar-refractivity contribution < 1.29 is 24.0 Å². The molecule has 1 aliphatic heterocycles. The summed E-state index contributed by atoms with van der Waals surface area (Å²) in [6.45, 7) is 5.80. The van der Waals surface area contributed by atoms with Crippen molar-refractivity contribution in [2.75, 3.05) is 58.7 Å². The highest BCUT2D eigenvalue weighted by molar-refractivity contribution is 7.18. The topological polar surface area (TPSA) is 119 Å². The summed E-state index contributed by atoms with van der Waals surface area (Å²) in [7, 11) is 3.28. The smallest absolute Gasteiger partial charge is 0.265 e. The lowest BCUT2D eigenvalue weighted by Gasteiger charge is -2.31. The summed E-state index contributed by atoms with van der Waals surface area (Å²) in [4.78, 5) is 63.0. The van der Waals surface area contributed by atoms with Gasteiger partial charge in [0.05, 0.1) is 32.6 Å². The number of benzene rings is 1. The lowest BCUT2D eigenvalue weighted by atomic mass is 10.0. The van der Waals surface area contributed by atoms with Crippen LogP contribution in [-0.4, -0.2) is 98.5 Å². The molecule has 10 nitrogen and oxygen atoms in total. The summed E-state index contributed by atoms with van der Waals surface area (Å²) in [6.07, 6.45) is 1.44. The van der Waals surface area contributed by atoms with Gasteiger partial charge in [-0.2, -0.15) is 0 Å². The van der Waals surface area contributed by atoms with E-state index < -0.39 is 0 Å². The van der Waals surface area contributed by atoms with E-state index in [-0.39, 0.29) is 28.8 Å². The van der Waals surface area contributed by atoms with Crippen molar-refractivity contribution in [3.05, 3.63) is 50.7 Å². The van der Waals surface area contributed by atoms with E-state index in [1.54, 1.807) is 49.3 Å². The highest BCUT2D eigenvalue weighted by Crippen LogP contribution is 2.24. The number of anilines is 1. The number of nitrogens with one attached hydrogen (secondary N) is 2. The number of carbonyl (C=O) groups is 5. The van der Waals surface area contributed by atoms with E-state index in [1.165, 1.54) is 4.90 Å². The average Bonchev–Trinajstić information content (AvgIpc) is 3.34. The number of hydrogen-bond acceptors (Lipinski definition) is 7. The van der Waals surface area contributed by atoms with Gasteiger partial charge in [-0.05, 0) is 31.2 Å². The normalized spacial score (nSPS) is 13.2. The van der Waals surface area contributed by atoms with Crippen molar-refractivity contribution in [3.63, 3.8) is 0 Å². The summed E-state index contributed by atoms with van der Waals surface area (Å²) in [6, 6.07) is 8.00. The van der Waals surface area contributed by atoms with Crippen molar-refractivity contribution >= 4 is 59.0 Å². The quantitative estimate of drug-likeness (QED) is 0.499. The third-order valence-electron chi connectivity index (χ3n) is 5.52. The maximum Gasteiger partial charge on any atom is 0.265 e. The third-order valence-corrected chi connectivity index (χ3v) is 6.75. The van der Waals surface area contributed by atoms with E-state index in [2.05, 4.69) is 10.6 Å². The van der Waals surface area contributed by atoms with Gasteiger partial charge in [-0.15, -0.1) is 11.3 Å². The van der Waals surface area contributed by atoms with Crippen LogP contribution in [0.3, 0.4) is 0 Å². The molecular weight excluding hydrogens is 506 g/mol. The molecule has 2 N–H and O–H groups in total. The number of hydrogen-bond donors (Lipinski definition) is 2. The molecule has 194 valence electrons. The molecule has 1 fully saturated rings. The van der Waals surface area contributed by atoms with Crippen LogP contribution in [0.4, 0.5) is 5.69 Å². The molecule has 0 atom stereocenters. The summed E-state index contributed by atoms with van der Waals surface area (Å²) in [5.41, 5.74) is 0.713. The molecule has 4 amide bonds. The second-order valence-electron chi connectivity index (χ2n) is 7.85. The van der Waals surface area contributed by atoms with Crippen LogP contribution in [0, 0.1) is 0 Å². The number of rotatable bonds is 8. The van der Waals surface area contributed by atoms with Crippen LogP contribution in [0.5, 0.6) is 0 Å². The van der Waals surface area contributed by atoms with Crippen molar-refractivity contribution in [2.45, 2.75) is 6.92 Å². The van der Waals surface area contributed by atoms with E-state index in [1.807, 2.05) is 11.8 Å². The van der Waals surface area contributed by atoms with Gasteiger partial charge in [0.2, 0.25) is 12.3 Å². The van der Waals surface area contributed by atoms with Crippen LogP contribution in [0.25, 0.3) is 0 Å². The maximum atomic E-state index is 12.3. The van der Waals surface area contributed by atoms with E-state index in [4.69, 9.17) is 11.6 Å². The zero-order valence-electron chi connectivity index (χ0n) is 20.5. The Hall–Kier alpha value is -3.28. The van der Waals surface area contributed by atoms with Crippen LogP contribution >= 0.6 is 22.9 Å². The van der Waals surface area contributed by atoms with Gasteiger partial charge in [0, 0.05) is 46.8 Å². The molecule has 2 heterocycles. The first kappa shape index (κ1) is 29.0. The Morgan fingerprint density at radius 2 is 1.81 bits per heavy atom. The maximum absolute atomic E-state index is 12.3. The summed E-state index contributed by atoms with van der Waals surface area (Å²) < 4.78 is 0.499. The molecule has 1 aromatic carbocycles. The molecule has 0 bridgehead atoms. The van der Waals surface area contributed by atoms with Crippen LogP contribution < -0.4 is 10.6 Å². The van der Waals surface area contributed by atoms with E-state index in [0.717, 1.165) is 43.9 Å². The van der Waals surface area contributed by atoms with Crippen molar-refractivity contribution in [1.82, 2.24) is 20.0 Å². The second kappa shape index (κ2) is 14.3. The zero-order chi connectivity index (χ0) is 26.7. The number of piperazine rings is 1. The van der Waals surface area contributed by atoms with Crippen LogP contribution in [0.1, 0.15) is 37.3 Å². The first-order valence-electron chi connectivity index (χ1n) is 11.3. The Morgan fingerprint density at radius 1 is 1.11 bits per heavy atom. The number of nitrogens with zero attached hydrogens (tertiary/aromatic N) is 3. The summed E-state index contributed by atoms with van der Waals surface area (Å²) in [5.74, 6) is -0.622. The fourth-order valence-corrected chi connectivity index (χ4v) is 4.20. The number of aldehydes is 1. The van der Waals surface area contributed by atoms with E-state index in [0.29, 0.717) is 34.3 Å². The van der Waals surface area contributed by atoms with Gasteiger partial charge in [0.25, 0.3) is 11.8 Å². The first-order chi connectivity index (χ1) is 17.2. The highest BCUT2D eigenvalue weighted by atomic mass is 35.5. The molecule has 0 spiro atoms. The molecule has 1 aromatic heterocycles. The minimum Gasteiger partial charge on any atom is -0.358 e. The van der Waals surface area contributed by atoms with E-state index in [9.17, 15) is 24.0 Å². The fourth-order valence-electron chi connectivity index (χ4n) is 3.27. The number of amides is 4. The van der Waals surface area contributed by atoms with Gasteiger partial charge in [-0.1, -0.05) is 17.7 Å². The van der Waals surface area contributed by atoms with Gasteiger partial charge in [-0.25, -0.2) is 0 Å². The van der Waals surface area contributed by atoms with Crippen molar-refractivity contribution in [2.24, 2.45) is 0 Å².